The second kappa shape index (κ2) is 20.1. The zero-order chi connectivity index (χ0) is 21.9. The zero-order valence-corrected chi connectivity index (χ0v) is 22.0. The van der Waals surface area contributed by atoms with Crippen LogP contribution in [0.4, 0.5) is 0 Å². The maximum absolute atomic E-state index is 6.55. The normalized spacial score (nSPS) is 12.5. The number of nitrogens with two attached hydrogens (primary N) is 1. The van der Waals surface area contributed by atoms with E-state index in [0.717, 1.165) is 6.42 Å². The van der Waals surface area contributed by atoms with Crippen molar-refractivity contribution in [3.63, 3.8) is 0 Å². The van der Waals surface area contributed by atoms with E-state index in [2.05, 4.69) is 51.1 Å². The van der Waals surface area contributed by atoms with Crippen molar-refractivity contribution in [2.45, 2.75) is 148 Å². The molecule has 0 saturated heterocycles. The van der Waals surface area contributed by atoms with Crippen LogP contribution in [-0.2, 0) is 5.41 Å². The molecule has 1 nitrogen and oxygen atoms in total. The minimum atomic E-state index is 0. The Morgan fingerprint density at radius 2 is 0.968 bits per heavy atom. The van der Waals surface area contributed by atoms with Crippen LogP contribution in [0.2, 0.25) is 0 Å². The molecule has 2 heteroatoms. The van der Waals surface area contributed by atoms with Crippen molar-refractivity contribution in [2.75, 3.05) is 0 Å². The summed E-state index contributed by atoms with van der Waals surface area (Å²) >= 11 is 0. The van der Waals surface area contributed by atoms with E-state index in [-0.39, 0.29) is 23.9 Å². The summed E-state index contributed by atoms with van der Waals surface area (Å²) in [6.07, 6.45) is 25.4. The van der Waals surface area contributed by atoms with Gasteiger partial charge < -0.3 is 5.73 Å². The van der Waals surface area contributed by atoms with Gasteiger partial charge in [0.2, 0.25) is 0 Å². The number of benzene rings is 1. The molecule has 1 aromatic rings. The lowest BCUT2D eigenvalue weighted by Gasteiger charge is -2.32. The van der Waals surface area contributed by atoms with Crippen molar-refractivity contribution in [3.05, 3.63) is 35.9 Å². The average Bonchev–Trinajstić information content (AvgIpc) is 2.76. The molecule has 1 aromatic carbocycles. The van der Waals surface area contributed by atoms with E-state index in [1.165, 1.54) is 115 Å². The molecule has 0 radical (unpaired) electrons. The van der Waals surface area contributed by atoms with Crippen LogP contribution in [0.5, 0.6) is 0 Å². The van der Waals surface area contributed by atoms with Crippen LogP contribution in [0, 0.1) is 0 Å². The predicted octanol–water partition coefficient (Wildman–Crippen LogP) is 9.75. The van der Waals surface area contributed by atoms with Gasteiger partial charge in [-0.05, 0) is 12.0 Å². The van der Waals surface area contributed by atoms with Crippen LogP contribution in [0.1, 0.15) is 142 Å². The smallest absolute Gasteiger partial charge is 0.0131 e. The number of rotatable bonds is 20. The first-order chi connectivity index (χ1) is 14.6. The Morgan fingerprint density at radius 3 is 1.35 bits per heavy atom. The Bertz CT molecular complexity index is 485. The van der Waals surface area contributed by atoms with Gasteiger partial charge in [0.05, 0.1) is 0 Å². The van der Waals surface area contributed by atoms with Crippen molar-refractivity contribution >= 4 is 12.4 Å². The van der Waals surface area contributed by atoms with Crippen LogP contribution in [0.3, 0.4) is 0 Å². The van der Waals surface area contributed by atoms with E-state index >= 15 is 0 Å². The highest BCUT2D eigenvalue weighted by atomic mass is 35.5. The third kappa shape index (κ3) is 15.0. The Hall–Kier alpha value is -0.530. The summed E-state index contributed by atoms with van der Waals surface area (Å²) in [6.45, 7) is 6.88. The second-order valence-electron chi connectivity index (χ2n) is 10.1. The minimum Gasteiger partial charge on any atom is -0.327 e. The molecular formula is C29H54ClN. The Kier molecular flexibility index (Phi) is 19.8. The molecule has 0 bridgehead atoms. The van der Waals surface area contributed by atoms with E-state index in [1.807, 2.05) is 0 Å². The van der Waals surface area contributed by atoms with Gasteiger partial charge in [-0.3, -0.25) is 0 Å². The van der Waals surface area contributed by atoms with Crippen molar-refractivity contribution in [1.29, 1.82) is 0 Å². The summed E-state index contributed by atoms with van der Waals surface area (Å²) in [5, 5.41) is 0. The van der Waals surface area contributed by atoms with Gasteiger partial charge in [0.1, 0.15) is 0 Å². The van der Waals surface area contributed by atoms with Gasteiger partial charge in [0, 0.05) is 11.5 Å². The summed E-state index contributed by atoms with van der Waals surface area (Å²) < 4.78 is 0. The van der Waals surface area contributed by atoms with Crippen LogP contribution in [-0.4, -0.2) is 6.04 Å². The highest BCUT2D eigenvalue weighted by Crippen LogP contribution is 2.28. The monoisotopic (exact) mass is 451 g/mol. The Balaban J connectivity index is 0.00000900. The topological polar surface area (TPSA) is 26.0 Å². The molecule has 0 heterocycles. The average molecular weight is 452 g/mol. The number of hydrogen-bond acceptors (Lipinski definition) is 1. The summed E-state index contributed by atoms with van der Waals surface area (Å²) in [5.74, 6) is 0. The Morgan fingerprint density at radius 1 is 0.613 bits per heavy atom. The fourth-order valence-electron chi connectivity index (χ4n) is 4.53. The van der Waals surface area contributed by atoms with E-state index in [1.54, 1.807) is 0 Å². The highest BCUT2D eigenvalue weighted by Gasteiger charge is 2.27. The van der Waals surface area contributed by atoms with Crippen LogP contribution < -0.4 is 5.73 Å². The summed E-state index contributed by atoms with van der Waals surface area (Å²) in [7, 11) is 0. The first-order valence-corrected chi connectivity index (χ1v) is 13.4. The van der Waals surface area contributed by atoms with Crippen molar-refractivity contribution < 1.29 is 0 Å². The van der Waals surface area contributed by atoms with Gasteiger partial charge in [-0.25, -0.2) is 0 Å². The lowest BCUT2D eigenvalue weighted by molar-refractivity contribution is 0.375. The summed E-state index contributed by atoms with van der Waals surface area (Å²) in [6, 6.07) is 11.0. The van der Waals surface area contributed by atoms with Crippen LogP contribution >= 0.6 is 12.4 Å². The molecule has 182 valence electrons. The summed E-state index contributed by atoms with van der Waals surface area (Å²) in [4.78, 5) is 0. The molecule has 1 unspecified atom stereocenters. The van der Waals surface area contributed by atoms with Crippen molar-refractivity contribution in [1.82, 2.24) is 0 Å². The lowest BCUT2D eigenvalue weighted by Crippen LogP contribution is -2.40. The fraction of sp³-hybridized carbons (Fsp3) is 0.793. The third-order valence-electron chi connectivity index (χ3n) is 7.06. The molecule has 0 fully saturated rings. The molecule has 0 aliphatic rings. The number of halogens is 1. The molecule has 31 heavy (non-hydrogen) atoms. The highest BCUT2D eigenvalue weighted by molar-refractivity contribution is 5.85. The largest absolute Gasteiger partial charge is 0.327 e. The molecule has 0 spiro atoms. The first-order valence-electron chi connectivity index (χ1n) is 13.4. The second-order valence-corrected chi connectivity index (χ2v) is 10.1. The molecule has 0 saturated carbocycles. The quantitative estimate of drug-likeness (QED) is 0.196. The third-order valence-corrected chi connectivity index (χ3v) is 7.06. The van der Waals surface area contributed by atoms with Gasteiger partial charge in [0.25, 0.3) is 0 Å². The number of unbranched alkanes of at least 4 members (excludes halogenated alkanes) is 16. The molecule has 1 rings (SSSR count). The Labute approximate surface area is 201 Å². The fourth-order valence-corrected chi connectivity index (χ4v) is 4.53. The molecular weight excluding hydrogens is 398 g/mol. The zero-order valence-electron chi connectivity index (χ0n) is 21.2. The molecule has 1 atom stereocenters. The minimum absolute atomic E-state index is 0. The van der Waals surface area contributed by atoms with Gasteiger partial charge in [-0.2, -0.15) is 0 Å². The first kappa shape index (κ1) is 30.5. The van der Waals surface area contributed by atoms with Crippen LogP contribution in [0.25, 0.3) is 0 Å². The molecule has 0 aliphatic heterocycles. The molecule has 0 amide bonds. The van der Waals surface area contributed by atoms with E-state index < -0.39 is 0 Å². The molecule has 0 aliphatic carbocycles. The predicted molar refractivity (Wildman–Crippen MR) is 143 cm³/mol. The van der Waals surface area contributed by atoms with Crippen molar-refractivity contribution in [2.24, 2.45) is 5.73 Å². The van der Waals surface area contributed by atoms with Gasteiger partial charge in [-0.15, -0.1) is 12.4 Å². The van der Waals surface area contributed by atoms with E-state index in [4.69, 9.17) is 5.73 Å². The molecule has 0 aromatic heterocycles. The van der Waals surface area contributed by atoms with Crippen molar-refractivity contribution in [3.8, 4) is 0 Å². The SMILES string of the molecule is CCCCCCCCCCCCCCCCCCCC(N)C(C)(C)c1ccccc1.Cl. The summed E-state index contributed by atoms with van der Waals surface area (Å²) in [5.41, 5.74) is 7.98. The number of hydrogen-bond donors (Lipinski definition) is 1. The van der Waals surface area contributed by atoms with Gasteiger partial charge in [-0.1, -0.05) is 160 Å². The van der Waals surface area contributed by atoms with E-state index in [0.29, 0.717) is 0 Å². The lowest BCUT2D eigenvalue weighted by atomic mass is 9.76. The standard InChI is InChI=1S/C29H53N.ClH/c1-4-5-6-7-8-9-10-11-12-13-14-15-16-17-18-19-23-26-28(30)29(2,3)27-24-21-20-22-25-27;/h20-22,24-25,28H,4-19,23,26,30H2,1-3H3;1H. The van der Waals surface area contributed by atoms with Crippen LogP contribution in [0.15, 0.2) is 30.3 Å². The maximum atomic E-state index is 6.55. The van der Waals surface area contributed by atoms with E-state index in [9.17, 15) is 0 Å². The van der Waals surface area contributed by atoms with Gasteiger partial charge >= 0.3 is 0 Å². The van der Waals surface area contributed by atoms with Gasteiger partial charge in [0.15, 0.2) is 0 Å². The molecule has 2 N–H and O–H groups in total. The maximum Gasteiger partial charge on any atom is 0.0131 e.